The zero-order valence-electron chi connectivity index (χ0n) is 10.2. The first-order valence-corrected chi connectivity index (χ1v) is 6.10. The van der Waals surface area contributed by atoms with Crippen LogP contribution in [-0.4, -0.2) is 29.6 Å². The summed E-state index contributed by atoms with van der Waals surface area (Å²) in [6.45, 7) is 7.30. The van der Waals surface area contributed by atoms with Crippen molar-refractivity contribution in [3.05, 3.63) is 35.9 Å². The molecule has 1 aliphatic heterocycles. The molecule has 1 fully saturated rings. The van der Waals surface area contributed by atoms with Gasteiger partial charge in [-0.2, -0.15) is 0 Å². The highest BCUT2D eigenvalue weighted by atomic mass is 16.3. The lowest BCUT2D eigenvalue weighted by atomic mass is 9.93. The molecule has 1 aromatic carbocycles. The monoisotopic (exact) mass is 219 g/mol. The van der Waals surface area contributed by atoms with Crippen molar-refractivity contribution in [1.29, 1.82) is 0 Å². The van der Waals surface area contributed by atoms with E-state index in [1.807, 2.05) is 30.3 Å². The molecule has 0 aromatic heterocycles. The normalized spacial score (nSPS) is 26.5. The Morgan fingerprint density at radius 2 is 2.00 bits per heavy atom. The molecule has 1 aromatic rings. The molecule has 1 atom stereocenters. The highest BCUT2D eigenvalue weighted by molar-refractivity contribution is 5.24. The van der Waals surface area contributed by atoms with Gasteiger partial charge in [-0.1, -0.05) is 44.2 Å². The van der Waals surface area contributed by atoms with Crippen molar-refractivity contribution in [2.75, 3.05) is 19.6 Å². The Balaban J connectivity index is 2.06. The average Bonchev–Trinajstić information content (AvgIpc) is 2.62. The second-order valence-electron chi connectivity index (χ2n) is 5.28. The van der Waals surface area contributed by atoms with Crippen LogP contribution in [0.3, 0.4) is 0 Å². The molecule has 0 aliphatic carbocycles. The zero-order chi connectivity index (χ0) is 11.6. The van der Waals surface area contributed by atoms with Gasteiger partial charge in [-0.3, -0.25) is 4.90 Å². The van der Waals surface area contributed by atoms with Gasteiger partial charge in [0.15, 0.2) is 0 Å². The maximum absolute atomic E-state index is 10.6. The molecule has 0 spiro atoms. The molecule has 0 saturated carbocycles. The summed E-state index contributed by atoms with van der Waals surface area (Å²) in [5, 5.41) is 10.6. The lowest BCUT2D eigenvalue weighted by molar-refractivity contribution is 0.0449. The van der Waals surface area contributed by atoms with Gasteiger partial charge in [0.1, 0.15) is 5.60 Å². The molecule has 2 heteroatoms. The number of nitrogens with zero attached hydrogens (tertiary/aromatic N) is 1. The summed E-state index contributed by atoms with van der Waals surface area (Å²) < 4.78 is 0. The van der Waals surface area contributed by atoms with Gasteiger partial charge in [0, 0.05) is 19.6 Å². The van der Waals surface area contributed by atoms with Crippen molar-refractivity contribution in [3.63, 3.8) is 0 Å². The minimum atomic E-state index is -0.629. The quantitative estimate of drug-likeness (QED) is 0.842. The highest BCUT2D eigenvalue weighted by Gasteiger charge is 2.37. The summed E-state index contributed by atoms with van der Waals surface area (Å²) in [7, 11) is 0. The molecule has 1 unspecified atom stereocenters. The Labute approximate surface area is 97.9 Å². The predicted molar refractivity (Wildman–Crippen MR) is 66.2 cm³/mol. The minimum Gasteiger partial charge on any atom is -0.384 e. The number of β-amino-alcohol motifs (C(OH)–C–C–N with tert-alkyl or cyclic N) is 1. The van der Waals surface area contributed by atoms with Crippen LogP contribution in [0.1, 0.15) is 25.8 Å². The van der Waals surface area contributed by atoms with Crippen LogP contribution >= 0.6 is 0 Å². The van der Waals surface area contributed by atoms with Gasteiger partial charge < -0.3 is 5.11 Å². The van der Waals surface area contributed by atoms with Crippen molar-refractivity contribution in [1.82, 2.24) is 4.90 Å². The fraction of sp³-hybridized carbons (Fsp3) is 0.571. The van der Waals surface area contributed by atoms with Crippen molar-refractivity contribution in [2.45, 2.75) is 25.9 Å². The molecule has 0 amide bonds. The van der Waals surface area contributed by atoms with Crippen LogP contribution in [0, 0.1) is 5.92 Å². The average molecular weight is 219 g/mol. The summed E-state index contributed by atoms with van der Waals surface area (Å²) in [5.41, 5.74) is 0.428. The SMILES string of the molecule is CC(C)CN1CCC(O)(c2ccccc2)C1. The largest absolute Gasteiger partial charge is 0.384 e. The first kappa shape index (κ1) is 11.6. The molecule has 1 N–H and O–H groups in total. The topological polar surface area (TPSA) is 23.5 Å². The zero-order valence-corrected chi connectivity index (χ0v) is 10.2. The van der Waals surface area contributed by atoms with Gasteiger partial charge in [0.25, 0.3) is 0 Å². The molecular weight excluding hydrogens is 198 g/mol. The second kappa shape index (κ2) is 4.56. The number of rotatable bonds is 3. The van der Waals surface area contributed by atoms with Crippen molar-refractivity contribution >= 4 is 0 Å². The van der Waals surface area contributed by atoms with Crippen LogP contribution in [0.2, 0.25) is 0 Å². The van der Waals surface area contributed by atoms with Crippen molar-refractivity contribution in [2.24, 2.45) is 5.92 Å². The van der Waals surface area contributed by atoms with E-state index >= 15 is 0 Å². The number of aliphatic hydroxyl groups is 1. The Morgan fingerprint density at radius 3 is 2.62 bits per heavy atom. The fourth-order valence-electron chi connectivity index (χ4n) is 2.53. The van der Waals surface area contributed by atoms with Crippen LogP contribution < -0.4 is 0 Å². The van der Waals surface area contributed by atoms with E-state index in [0.717, 1.165) is 31.6 Å². The summed E-state index contributed by atoms with van der Waals surface area (Å²) in [4.78, 5) is 2.36. The maximum Gasteiger partial charge on any atom is 0.103 e. The molecule has 2 rings (SSSR count). The van der Waals surface area contributed by atoms with E-state index in [2.05, 4.69) is 18.7 Å². The van der Waals surface area contributed by atoms with Gasteiger partial charge in [-0.15, -0.1) is 0 Å². The minimum absolute atomic E-state index is 0.629. The van der Waals surface area contributed by atoms with Crippen LogP contribution in [-0.2, 0) is 5.60 Å². The lowest BCUT2D eigenvalue weighted by Gasteiger charge is -2.24. The van der Waals surface area contributed by atoms with E-state index in [1.165, 1.54) is 0 Å². The van der Waals surface area contributed by atoms with E-state index in [-0.39, 0.29) is 0 Å². The molecule has 1 heterocycles. The van der Waals surface area contributed by atoms with Crippen molar-refractivity contribution in [3.8, 4) is 0 Å². The molecule has 1 aliphatic rings. The fourth-order valence-corrected chi connectivity index (χ4v) is 2.53. The highest BCUT2D eigenvalue weighted by Crippen LogP contribution is 2.31. The summed E-state index contributed by atoms with van der Waals surface area (Å²) in [6, 6.07) is 10.0. The maximum atomic E-state index is 10.6. The van der Waals surface area contributed by atoms with Gasteiger partial charge >= 0.3 is 0 Å². The third kappa shape index (κ3) is 2.45. The molecule has 0 radical (unpaired) electrons. The molecule has 0 bridgehead atoms. The third-order valence-corrected chi connectivity index (χ3v) is 3.26. The van der Waals surface area contributed by atoms with E-state index in [9.17, 15) is 5.11 Å². The smallest absolute Gasteiger partial charge is 0.103 e. The molecular formula is C14H21NO. The lowest BCUT2D eigenvalue weighted by Crippen LogP contribution is -2.32. The molecule has 16 heavy (non-hydrogen) atoms. The number of hydrogen-bond acceptors (Lipinski definition) is 2. The van der Waals surface area contributed by atoms with Gasteiger partial charge in [0.2, 0.25) is 0 Å². The van der Waals surface area contributed by atoms with E-state index in [1.54, 1.807) is 0 Å². The predicted octanol–water partition coefficient (Wildman–Crippen LogP) is 2.24. The van der Waals surface area contributed by atoms with Crippen LogP contribution in [0.5, 0.6) is 0 Å². The van der Waals surface area contributed by atoms with Crippen LogP contribution in [0.4, 0.5) is 0 Å². The molecule has 2 nitrogen and oxygen atoms in total. The first-order chi connectivity index (χ1) is 7.60. The van der Waals surface area contributed by atoms with Gasteiger partial charge in [-0.05, 0) is 17.9 Å². The summed E-state index contributed by atoms with van der Waals surface area (Å²) in [5.74, 6) is 0.665. The Hall–Kier alpha value is -0.860. The molecule has 88 valence electrons. The third-order valence-electron chi connectivity index (χ3n) is 3.26. The van der Waals surface area contributed by atoms with E-state index < -0.39 is 5.60 Å². The van der Waals surface area contributed by atoms with E-state index in [4.69, 9.17) is 0 Å². The summed E-state index contributed by atoms with van der Waals surface area (Å²) >= 11 is 0. The van der Waals surface area contributed by atoms with Crippen LogP contribution in [0.15, 0.2) is 30.3 Å². The van der Waals surface area contributed by atoms with Gasteiger partial charge in [-0.25, -0.2) is 0 Å². The van der Waals surface area contributed by atoms with Gasteiger partial charge in [0.05, 0.1) is 0 Å². The first-order valence-electron chi connectivity index (χ1n) is 6.10. The Morgan fingerprint density at radius 1 is 1.31 bits per heavy atom. The number of likely N-dealkylation sites (tertiary alicyclic amines) is 1. The Bertz CT molecular complexity index is 336. The molecule has 1 saturated heterocycles. The standard InChI is InChI=1S/C14H21NO/c1-12(2)10-15-9-8-14(16,11-15)13-6-4-3-5-7-13/h3-7,12,16H,8-11H2,1-2H3. The van der Waals surface area contributed by atoms with Crippen molar-refractivity contribution < 1.29 is 5.11 Å². The summed E-state index contributed by atoms with van der Waals surface area (Å²) in [6.07, 6.45) is 0.851. The van der Waals surface area contributed by atoms with Crippen LogP contribution in [0.25, 0.3) is 0 Å². The van der Waals surface area contributed by atoms with E-state index in [0.29, 0.717) is 5.92 Å². The second-order valence-corrected chi connectivity index (χ2v) is 5.28. The number of hydrogen-bond donors (Lipinski definition) is 1. The Kier molecular flexibility index (Phi) is 3.31. The number of benzene rings is 1.